The average Bonchev–Trinajstić information content (AvgIpc) is 3.76. The van der Waals surface area contributed by atoms with Crippen LogP contribution in [0.3, 0.4) is 0 Å². The maximum atomic E-state index is 12.5. The third kappa shape index (κ3) is 7.62. The molecule has 4 N–H and O–H groups in total. The molecule has 6 atom stereocenters. The molecule has 11 nitrogen and oxygen atoms in total. The number of hydrogen-bond donors (Lipinski definition) is 3. The summed E-state index contributed by atoms with van der Waals surface area (Å²) in [5.41, 5.74) is 5.84. The quantitative estimate of drug-likeness (QED) is 0.165. The van der Waals surface area contributed by atoms with Gasteiger partial charge in [-0.15, -0.1) is 0 Å². The van der Waals surface area contributed by atoms with Crippen LogP contribution in [0, 0.1) is 5.92 Å². The second kappa shape index (κ2) is 13.2. The van der Waals surface area contributed by atoms with Crippen LogP contribution in [-0.4, -0.2) is 101 Å². The van der Waals surface area contributed by atoms with Crippen molar-refractivity contribution in [2.24, 2.45) is 11.7 Å². The second-order valence-corrected chi connectivity index (χ2v) is 10.0. The number of carbonyl (C=O) groups is 2. The molecule has 0 radical (unpaired) electrons. The van der Waals surface area contributed by atoms with Gasteiger partial charge < -0.3 is 44.8 Å². The van der Waals surface area contributed by atoms with E-state index in [1.165, 1.54) is 5.57 Å². The molecule has 0 aromatic heterocycles. The first-order valence-corrected chi connectivity index (χ1v) is 12.8. The van der Waals surface area contributed by atoms with Crippen molar-refractivity contribution in [2.75, 3.05) is 59.8 Å². The Morgan fingerprint density at radius 3 is 2.36 bits per heavy atom. The predicted molar refractivity (Wildman–Crippen MR) is 132 cm³/mol. The zero-order valence-corrected chi connectivity index (χ0v) is 22.0. The molecule has 2 heterocycles. The summed E-state index contributed by atoms with van der Waals surface area (Å²) < 4.78 is 34.6. The van der Waals surface area contributed by atoms with Crippen molar-refractivity contribution in [3.8, 4) is 0 Å². The summed E-state index contributed by atoms with van der Waals surface area (Å²) in [6.45, 7) is 9.15. The highest BCUT2D eigenvalue weighted by atomic mass is 16.6. The molecule has 3 aliphatic rings. The van der Waals surface area contributed by atoms with E-state index in [-0.39, 0.29) is 47.9 Å². The molecule has 0 aromatic carbocycles. The standard InChI is InChI=1S/C25H43N3O8/c1-17(2)5-6-19-24(3,36-19)22-21(31-4)18(7-8-25(22)16-34-25)35-23(30)28-10-12-33-14-13-32-11-9-27-20(29)15-26/h5,18-19,21-22H,6-16,26H2,1-4H3,(H,27,29)(H,28,30)/t18?,19-,21?,22?,24?,25+/m1/s1. The Kier molecular flexibility index (Phi) is 10.5. The van der Waals surface area contributed by atoms with E-state index in [2.05, 4.69) is 37.5 Å². The van der Waals surface area contributed by atoms with Crippen LogP contribution in [-0.2, 0) is 33.2 Å². The normalized spacial score (nSPS) is 32.6. The van der Waals surface area contributed by atoms with Gasteiger partial charge in [-0.1, -0.05) is 11.6 Å². The van der Waals surface area contributed by atoms with Crippen LogP contribution < -0.4 is 16.4 Å². The minimum absolute atomic E-state index is 0.0101. The molecule has 36 heavy (non-hydrogen) atoms. The zero-order chi connectivity index (χ0) is 26.2. The molecule has 2 saturated heterocycles. The van der Waals surface area contributed by atoms with E-state index in [9.17, 15) is 9.59 Å². The van der Waals surface area contributed by atoms with E-state index in [1.54, 1.807) is 7.11 Å². The van der Waals surface area contributed by atoms with Crippen molar-refractivity contribution in [2.45, 2.75) is 69.5 Å². The van der Waals surface area contributed by atoms with Gasteiger partial charge in [-0.2, -0.15) is 0 Å². The summed E-state index contributed by atoms with van der Waals surface area (Å²) in [5.74, 6) is -0.225. The average molecular weight is 514 g/mol. The summed E-state index contributed by atoms with van der Waals surface area (Å²) in [4.78, 5) is 23.5. The van der Waals surface area contributed by atoms with E-state index < -0.39 is 6.09 Å². The molecular formula is C25H43N3O8. The van der Waals surface area contributed by atoms with Gasteiger partial charge >= 0.3 is 6.09 Å². The van der Waals surface area contributed by atoms with Crippen LogP contribution in [0.1, 0.15) is 40.0 Å². The van der Waals surface area contributed by atoms with Crippen LogP contribution in [0.25, 0.3) is 0 Å². The molecule has 4 unspecified atom stereocenters. The maximum absolute atomic E-state index is 12.5. The first kappa shape index (κ1) is 28.8. The Labute approximate surface area is 213 Å². The molecule has 1 saturated carbocycles. The molecule has 0 aromatic rings. The number of hydrogen-bond acceptors (Lipinski definition) is 9. The minimum atomic E-state index is -0.494. The molecule has 0 bridgehead atoms. The number of carbonyl (C=O) groups excluding carboxylic acids is 2. The highest BCUT2D eigenvalue weighted by Gasteiger charge is 2.72. The molecular weight excluding hydrogens is 470 g/mol. The van der Waals surface area contributed by atoms with Crippen LogP contribution in [0.15, 0.2) is 11.6 Å². The van der Waals surface area contributed by atoms with Crippen molar-refractivity contribution in [3.63, 3.8) is 0 Å². The smallest absolute Gasteiger partial charge is 0.407 e. The first-order chi connectivity index (χ1) is 17.3. The van der Waals surface area contributed by atoms with Crippen LogP contribution in [0.2, 0.25) is 0 Å². The van der Waals surface area contributed by atoms with E-state index in [0.717, 1.165) is 12.8 Å². The van der Waals surface area contributed by atoms with Crippen LogP contribution in [0.4, 0.5) is 4.79 Å². The highest BCUT2D eigenvalue weighted by molar-refractivity contribution is 5.77. The van der Waals surface area contributed by atoms with Gasteiger partial charge in [-0.3, -0.25) is 4.79 Å². The van der Waals surface area contributed by atoms with E-state index in [0.29, 0.717) is 52.5 Å². The van der Waals surface area contributed by atoms with Crippen molar-refractivity contribution in [1.29, 1.82) is 0 Å². The van der Waals surface area contributed by atoms with Gasteiger partial charge in [0.15, 0.2) is 0 Å². The van der Waals surface area contributed by atoms with Gasteiger partial charge in [-0.05, 0) is 40.0 Å². The Bertz CT molecular complexity index is 770. The molecule has 206 valence electrons. The summed E-state index contributed by atoms with van der Waals surface area (Å²) >= 11 is 0. The van der Waals surface area contributed by atoms with E-state index in [4.69, 9.17) is 34.2 Å². The summed E-state index contributed by atoms with van der Waals surface area (Å²) in [6, 6.07) is 0. The molecule has 11 heteroatoms. The number of amides is 2. The zero-order valence-electron chi connectivity index (χ0n) is 22.0. The third-order valence-corrected chi connectivity index (χ3v) is 7.14. The van der Waals surface area contributed by atoms with Gasteiger partial charge in [0.25, 0.3) is 0 Å². The van der Waals surface area contributed by atoms with E-state index >= 15 is 0 Å². The number of epoxide rings is 2. The number of nitrogens with two attached hydrogens (primary N) is 1. The minimum Gasteiger partial charge on any atom is -0.443 e. The van der Waals surface area contributed by atoms with Crippen molar-refractivity contribution < 1.29 is 38.0 Å². The monoisotopic (exact) mass is 513 g/mol. The lowest BCUT2D eigenvalue weighted by molar-refractivity contribution is -0.120. The maximum Gasteiger partial charge on any atom is 0.407 e. The molecule has 1 spiro atoms. The molecule has 3 fully saturated rings. The van der Waals surface area contributed by atoms with Crippen LogP contribution >= 0.6 is 0 Å². The number of nitrogens with one attached hydrogen (secondary N) is 2. The predicted octanol–water partition coefficient (Wildman–Crippen LogP) is 0.897. The number of rotatable bonds is 15. The number of methoxy groups -OCH3 is 1. The lowest BCUT2D eigenvalue weighted by Crippen LogP contribution is -2.56. The van der Waals surface area contributed by atoms with Gasteiger partial charge in [-0.25, -0.2) is 4.79 Å². The Morgan fingerprint density at radius 1 is 1.11 bits per heavy atom. The third-order valence-electron chi connectivity index (χ3n) is 7.14. The van der Waals surface area contributed by atoms with Crippen molar-refractivity contribution in [3.05, 3.63) is 11.6 Å². The lowest BCUT2D eigenvalue weighted by Gasteiger charge is -2.42. The van der Waals surface area contributed by atoms with Gasteiger partial charge in [0.05, 0.1) is 51.6 Å². The van der Waals surface area contributed by atoms with Gasteiger partial charge in [0.1, 0.15) is 23.4 Å². The second-order valence-electron chi connectivity index (χ2n) is 10.0. The van der Waals surface area contributed by atoms with Crippen molar-refractivity contribution >= 4 is 12.0 Å². The largest absolute Gasteiger partial charge is 0.443 e. The fourth-order valence-electron chi connectivity index (χ4n) is 5.13. The Morgan fingerprint density at radius 2 is 1.78 bits per heavy atom. The lowest BCUT2D eigenvalue weighted by atomic mass is 9.68. The Balaban J connectivity index is 1.36. The van der Waals surface area contributed by atoms with E-state index in [1.807, 2.05) is 0 Å². The van der Waals surface area contributed by atoms with Crippen molar-refractivity contribution in [1.82, 2.24) is 10.6 Å². The summed E-state index contributed by atoms with van der Waals surface area (Å²) in [5, 5.41) is 5.35. The molecule has 3 rings (SSSR count). The topological polar surface area (TPSA) is 146 Å². The molecule has 2 aliphatic heterocycles. The van der Waals surface area contributed by atoms with Crippen LogP contribution in [0.5, 0.6) is 0 Å². The summed E-state index contributed by atoms with van der Waals surface area (Å²) in [6.07, 6.45) is 3.45. The SMILES string of the molecule is COC1C(OC(=O)NCCOCCOCCNC(=O)CN)CC[C@]2(CO2)C1C1(C)O[C@@H]1CC=C(C)C. The number of ether oxygens (including phenoxy) is 6. The number of alkyl carbamates (subject to hydrolysis) is 1. The fourth-order valence-corrected chi connectivity index (χ4v) is 5.13. The molecule has 2 amide bonds. The summed E-state index contributed by atoms with van der Waals surface area (Å²) in [7, 11) is 1.66. The highest BCUT2D eigenvalue weighted by Crippen LogP contribution is 2.59. The van der Waals surface area contributed by atoms with Gasteiger partial charge in [0.2, 0.25) is 5.91 Å². The number of allylic oxidation sites excluding steroid dienone is 1. The van der Waals surface area contributed by atoms with Gasteiger partial charge in [0, 0.05) is 20.2 Å². The Hall–Kier alpha value is -1.76. The molecule has 1 aliphatic carbocycles. The first-order valence-electron chi connectivity index (χ1n) is 12.8. The fraction of sp³-hybridized carbons (Fsp3) is 0.840.